The van der Waals surface area contributed by atoms with Crippen LogP contribution in [0.25, 0.3) is 21.1 Å². The lowest BCUT2D eigenvalue weighted by Gasteiger charge is -2.27. The van der Waals surface area contributed by atoms with Crippen LogP contribution in [-0.2, 0) is 6.42 Å². The summed E-state index contributed by atoms with van der Waals surface area (Å²) in [7, 11) is 0. The van der Waals surface area contributed by atoms with Gasteiger partial charge in [0.2, 0.25) is 0 Å². The van der Waals surface area contributed by atoms with Crippen molar-refractivity contribution in [3.8, 4) is 26.9 Å². The number of benzene rings is 2. The van der Waals surface area contributed by atoms with Crippen molar-refractivity contribution in [2.45, 2.75) is 45.3 Å². The smallest absolute Gasteiger partial charge is 0.251 e. The quantitative estimate of drug-likeness (QED) is 0.352. The number of amides is 1. The van der Waals surface area contributed by atoms with Crippen molar-refractivity contribution >= 4 is 22.9 Å². The van der Waals surface area contributed by atoms with Crippen molar-refractivity contribution in [1.82, 2.24) is 20.5 Å². The molecule has 1 aliphatic rings. The summed E-state index contributed by atoms with van der Waals surface area (Å²) in [6.07, 6.45) is 6.15. The molecule has 3 N–H and O–H groups in total. The highest BCUT2D eigenvalue weighted by molar-refractivity contribution is 7.17. The highest BCUT2D eigenvalue weighted by atomic mass is 32.1. The van der Waals surface area contributed by atoms with Crippen LogP contribution in [0, 0.1) is 0 Å². The minimum Gasteiger partial charge on any atom is -0.489 e. The lowest BCUT2D eigenvalue weighted by Crippen LogP contribution is -2.31. The zero-order valence-electron chi connectivity index (χ0n) is 19.7. The van der Waals surface area contributed by atoms with E-state index < -0.39 is 0 Å². The Balaban J connectivity index is 1.41. The number of fused-ring (bicyclic) bond motifs is 1. The molecule has 5 rings (SSSR count). The van der Waals surface area contributed by atoms with E-state index in [-0.39, 0.29) is 18.1 Å². The van der Waals surface area contributed by atoms with E-state index in [9.17, 15) is 4.79 Å². The SMILES string of the molecule is CC(C)Oc1ccc(-c2nnc(-c3cccc4c3CCC[C@@H]4NC(=O)c3ccncc3)s2)cc1N. The largest absolute Gasteiger partial charge is 0.489 e. The van der Waals surface area contributed by atoms with Crippen molar-refractivity contribution in [2.75, 3.05) is 5.73 Å². The molecule has 0 saturated heterocycles. The number of carbonyl (C=O) groups is 1. The molecule has 0 radical (unpaired) electrons. The van der Waals surface area contributed by atoms with Gasteiger partial charge in [0, 0.05) is 29.1 Å². The Morgan fingerprint density at radius 2 is 1.91 bits per heavy atom. The fraction of sp³-hybridized carbons (Fsp3) is 0.259. The van der Waals surface area contributed by atoms with Crippen molar-refractivity contribution < 1.29 is 9.53 Å². The predicted molar refractivity (Wildman–Crippen MR) is 138 cm³/mol. The molecule has 0 aliphatic heterocycles. The number of nitrogens with two attached hydrogens (primary N) is 1. The molecule has 2 aromatic heterocycles. The molecule has 0 unspecified atom stereocenters. The highest BCUT2D eigenvalue weighted by Gasteiger charge is 2.25. The molecule has 7 nitrogen and oxygen atoms in total. The topological polar surface area (TPSA) is 103 Å². The number of carbonyl (C=O) groups excluding carboxylic acids is 1. The van der Waals surface area contributed by atoms with Gasteiger partial charge in [0.15, 0.2) is 0 Å². The number of hydrogen-bond acceptors (Lipinski definition) is 7. The fourth-order valence-corrected chi connectivity index (χ4v) is 5.33. The molecule has 8 heteroatoms. The summed E-state index contributed by atoms with van der Waals surface area (Å²) in [6.45, 7) is 3.94. The van der Waals surface area contributed by atoms with Crippen LogP contribution in [0.15, 0.2) is 60.9 Å². The van der Waals surface area contributed by atoms with Crippen LogP contribution >= 0.6 is 11.3 Å². The van der Waals surface area contributed by atoms with E-state index in [2.05, 4.69) is 32.6 Å². The molecule has 35 heavy (non-hydrogen) atoms. The van der Waals surface area contributed by atoms with E-state index in [1.54, 1.807) is 24.5 Å². The van der Waals surface area contributed by atoms with Crippen molar-refractivity contribution in [3.05, 3.63) is 77.6 Å². The van der Waals surface area contributed by atoms with Crippen molar-refractivity contribution in [1.29, 1.82) is 0 Å². The molecular weight excluding hydrogens is 458 g/mol. The van der Waals surface area contributed by atoms with Gasteiger partial charge in [-0.25, -0.2) is 0 Å². The van der Waals surface area contributed by atoms with Crippen LogP contribution in [0.1, 0.15) is 54.2 Å². The maximum absolute atomic E-state index is 12.8. The summed E-state index contributed by atoms with van der Waals surface area (Å²) >= 11 is 1.54. The highest BCUT2D eigenvalue weighted by Crippen LogP contribution is 2.39. The van der Waals surface area contributed by atoms with Crippen LogP contribution < -0.4 is 15.8 Å². The average Bonchev–Trinajstić information content (AvgIpc) is 3.35. The van der Waals surface area contributed by atoms with Crippen LogP contribution in [0.2, 0.25) is 0 Å². The van der Waals surface area contributed by atoms with Crippen LogP contribution in [0.3, 0.4) is 0 Å². The Kier molecular flexibility index (Phi) is 6.46. The summed E-state index contributed by atoms with van der Waals surface area (Å²) in [4.78, 5) is 16.8. The molecule has 1 amide bonds. The zero-order chi connectivity index (χ0) is 24.4. The zero-order valence-corrected chi connectivity index (χ0v) is 20.5. The van der Waals surface area contributed by atoms with Gasteiger partial charge in [-0.3, -0.25) is 9.78 Å². The number of aromatic nitrogens is 3. The van der Waals surface area contributed by atoms with Gasteiger partial charge in [-0.2, -0.15) is 0 Å². The van der Waals surface area contributed by atoms with Crippen molar-refractivity contribution in [3.63, 3.8) is 0 Å². The minimum atomic E-state index is -0.0867. The molecular formula is C27H27N5O2S. The van der Waals surface area contributed by atoms with Gasteiger partial charge in [-0.05, 0) is 74.6 Å². The molecule has 178 valence electrons. The second kappa shape index (κ2) is 9.84. The molecule has 0 saturated carbocycles. The van der Waals surface area contributed by atoms with Gasteiger partial charge < -0.3 is 15.8 Å². The van der Waals surface area contributed by atoms with Crippen LogP contribution in [-0.4, -0.2) is 27.2 Å². The summed E-state index contributed by atoms with van der Waals surface area (Å²) in [6, 6.07) is 15.4. The van der Waals surface area contributed by atoms with E-state index in [1.165, 1.54) is 16.9 Å². The Hall–Kier alpha value is -3.78. The Labute approximate surface area is 208 Å². The van der Waals surface area contributed by atoms with Gasteiger partial charge in [-0.15, -0.1) is 10.2 Å². The predicted octanol–water partition coefficient (Wildman–Crippen LogP) is 5.44. The second-order valence-corrected chi connectivity index (χ2v) is 9.84. The monoisotopic (exact) mass is 485 g/mol. The third-order valence-corrected chi connectivity index (χ3v) is 7.04. The fourth-order valence-electron chi connectivity index (χ4n) is 4.44. The normalized spacial score (nSPS) is 15.0. The van der Waals surface area contributed by atoms with Gasteiger partial charge in [-0.1, -0.05) is 29.5 Å². The van der Waals surface area contributed by atoms with Gasteiger partial charge in [0.25, 0.3) is 5.91 Å². The van der Waals surface area contributed by atoms with Gasteiger partial charge in [0.05, 0.1) is 17.8 Å². The molecule has 2 heterocycles. The van der Waals surface area contributed by atoms with E-state index >= 15 is 0 Å². The lowest BCUT2D eigenvalue weighted by atomic mass is 9.85. The summed E-state index contributed by atoms with van der Waals surface area (Å²) in [5.74, 6) is 0.585. The molecule has 1 aliphatic carbocycles. The Bertz CT molecular complexity index is 1350. The van der Waals surface area contributed by atoms with E-state index in [1.807, 2.05) is 38.1 Å². The summed E-state index contributed by atoms with van der Waals surface area (Å²) in [5.41, 5.74) is 11.8. The number of rotatable bonds is 6. The third kappa shape index (κ3) is 4.88. The molecule has 1 atom stereocenters. The number of nitrogen functional groups attached to an aromatic ring is 1. The maximum Gasteiger partial charge on any atom is 0.251 e. The molecule has 2 aromatic carbocycles. The van der Waals surface area contributed by atoms with Gasteiger partial charge in [0.1, 0.15) is 15.8 Å². The third-order valence-electron chi connectivity index (χ3n) is 6.03. The first-order valence-corrected chi connectivity index (χ1v) is 12.5. The summed E-state index contributed by atoms with van der Waals surface area (Å²) in [5, 5.41) is 13.8. The van der Waals surface area contributed by atoms with E-state index in [4.69, 9.17) is 10.5 Å². The first-order valence-electron chi connectivity index (χ1n) is 11.7. The molecule has 0 spiro atoms. The van der Waals surface area contributed by atoms with Crippen LogP contribution in [0.5, 0.6) is 5.75 Å². The number of hydrogen-bond donors (Lipinski definition) is 2. The van der Waals surface area contributed by atoms with E-state index in [0.29, 0.717) is 17.0 Å². The molecule has 0 bridgehead atoms. The second-order valence-electron chi connectivity index (χ2n) is 8.86. The minimum absolute atomic E-state index is 0.0416. The maximum atomic E-state index is 12.8. The molecule has 4 aromatic rings. The van der Waals surface area contributed by atoms with Crippen molar-refractivity contribution in [2.24, 2.45) is 0 Å². The number of ether oxygens (including phenoxy) is 1. The average molecular weight is 486 g/mol. The lowest BCUT2D eigenvalue weighted by molar-refractivity contribution is 0.0932. The first-order chi connectivity index (χ1) is 17.0. The standard InChI is InChI=1S/C27H27N5O2S/c1-16(2)34-24-10-9-18(15-22(24)28)26-31-32-27(35-26)21-7-3-6-20-19(21)5-4-8-23(20)30-25(33)17-11-13-29-14-12-17/h3,6-7,9-16,23H,4-5,8,28H2,1-2H3,(H,30,33)/t23-/m0/s1. The van der Waals surface area contributed by atoms with E-state index in [0.717, 1.165) is 46.0 Å². The Morgan fingerprint density at radius 1 is 1.11 bits per heavy atom. The van der Waals surface area contributed by atoms with Gasteiger partial charge >= 0.3 is 0 Å². The number of pyridine rings is 1. The number of nitrogens with zero attached hydrogens (tertiary/aromatic N) is 3. The van der Waals surface area contributed by atoms with Crippen LogP contribution in [0.4, 0.5) is 5.69 Å². The first kappa shape index (κ1) is 23.0. The molecule has 0 fully saturated rings. The Morgan fingerprint density at radius 3 is 2.69 bits per heavy atom. The number of nitrogens with one attached hydrogen (secondary N) is 1. The summed E-state index contributed by atoms with van der Waals surface area (Å²) < 4.78 is 5.75. The number of anilines is 1.